The predicted molar refractivity (Wildman–Crippen MR) is 90.5 cm³/mol. The Morgan fingerprint density at radius 2 is 1.73 bits per heavy atom. The van der Waals surface area contributed by atoms with Gasteiger partial charge >= 0.3 is 0 Å². The van der Waals surface area contributed by atoms with Crippen LogP contribution in [-0.4, -0.2) is 17.9 Å². The topological polar surface area (TPSA) is 42.0 Å². The third-order valence-corrected chi connectivity index (χ3v) is 3.50. The highest BCUT2D eigenvalue weighted by atomic mass is 16.1. The number of amides is 1. The van der Waals surface area contributed by atoms with Crippen molar-refractivity contribution >= 4 is 29.0 Å². The number of nitrogens with one attached hydrogen (secondary N) is 1. The molecular weight excluding hydrogens is 272 g/mol. The van der Waals surface area contributed by atoms with Crippen molar-refractivity contribution < 1.29 is 4.79 Å². The lowest BCUT2D eigenvalue weighted by Crippen LogP contribution is -2.17. The normalized spacial score (nSPS) is 11.0. The molecule has 3 aromatic rings. The maximum atomic E-state index is 11.5. The zero-order valence-electron chi connectivity index (χ0n) is 12.3. The monoisotopic (exact) mass is 288 g/mol. The quantitative estimate of drug-likeness (QED) is 0.745. The minimum Gasteiger partial charge on any atom is -0.355 e. The van der Waals surface area contributed by atoms with Gasteiger partial charge in [0.05, 0.1) is 5.52 Å². The third-order valence-electron chi connectivity index (χ3n) is 3.50. The smallest absolute Gasteiger partial charge is 0.251 e. The van der Waals surface area contributed by atoms with Gasteiger partial charge in [0.2, 0.25) is 0 Å². The molecule has 0 spiro atoms. The Balaban J connectivity index is 1.81. The van der Waals surface area contributed by atoms with Gasteiger partial charge in [-0.1, -0.05) is 42.5 Å². The lowest BCUT2D eigenvalue weighted by atomic mass is 10.1. The van der Waals surface area contributed by atoms with Gasteiger partial charge in [-0.05, 0) is 35.4 Å². The van der Waals surface area contributed by atoms with Crippen LogP contribution in [0.25, 0.3) is 23.1 Å². The van der Waals surface area contributed by atoms with Crippen molar-refractivity contribution in [2.45, 2.75) is 0 Å². The summed E-state index contributed by atoms with van der Waals surface area (Å²) in [5, 5.41) is 3.75. The number of benzene rings is 2. The molecule has 0 fully saturated rings. The minimum absolute atomic E-state index is 0.0730. The Labute approximate surface area is 129 Å². The summed E-state index contributed by atoms with van der Waals surface area (Å²) >= 11 is 0. The van der Waals surface area contributed by atoms with Crippen LogP contribution in [0, 0.1) is 0 Å². The number of nitrogens with zero attached hydrogens (tertiary/aromatic N) is 1. The lowest BCUT2D eigenvalue weighted by molar-refractivity contribution is 0.0963. The van der Waals surface area contributed by atoms with Gasteiger partial charge < -0.3 is 5.32 Å². The van der Waals surface area contributed by atoms with Crippen molar-refractivity contribution in [1.29, 1.82) is 0 Å². The van der Waals surface area contributed by atoms with Crippen molar-refractivity contribution in [3.05, 3.63) is 77.5 Å². The van der Waals surface area contributed by atoms with Gasteiger partial charge in [0.25, 0.3) is 5.91 Å². The van der Waals surface area contributed by atoms with Gasteiger partial charge in [-0.2, -0.15) is 0 Å². The molecule has 1 aromatic heterocycles. The van der Waals surface area contributed by atoms with Crippen molar-refractivity contribution in [2.75, 3.05) is 7.05 Å². The molecule has 0 aliphatic heterocycles. The molecule has 0 unspecified atom stereocenters. The second kappa shape index (κ2) is 6.22. The molecule has 22 heavy (non-hydrogen) atoms. The number of aromatic nitrogens is 1. The molecule has 3 heteroatoms. The third kappa shape index (κ3) is 3.04. The van der Waals surface area contributed by atoms with Crippen molar-refractivity contribution in [1.82, 2.24) is 10.3 Å². The molecule has 1 amide bonds. The van der Waals surface area contributed by atoms with Gasteiger partial charge in [0, 0.05) is 24.2 Å². The van der Waals surface area contributed by atoms with E-state index >= 15 is 0 Å². The lowest BCUT2D eigenvalue weighted by Gasteiger charge is -2.01. The fourth-order valence-electron chi connectivity index (χ4n) is 2.27. The molecule has 0 saturated carbocycles. The largest absolute Gasteiger partial charge is 0.355 e. The molecule has 108 valence electrons. The van der Waals surface area contributed by atoms with E-state index in [0.717, 1.165) is 22.0 Å². The first-order valence-corrected chi connectivity index (χ1v) is 7.11. The first kappa shape index (κ1) is 14.0. The maximum Gasteiger partial charge on any atom is 0.251 e. The Morgan fingerprint density at radius 3 is 2.50 bits per heavy atom. The van der Waals surface area contributed by atoms with Crippen molar-refractivity contribution in [2.24, 2.45) is 0 Å². The van der Waals surface area contributed by atoms with Gasteiger partial charge in [-0.3, -0.25) is 9.78 Å². The molecule has 0 aliphatic carbocycles. The Kier molecular flexibility index (Phi) is 3.97. The molecular formula is C19H16N2O. The average Bonchev–Trinajstić information content (AvgIpc) is 2.59. The molecule has 0 aliphatic rings. The minimum atomic E-state index is -0.0730. The molecule has 0 saturated heterocycles. The Bertz CT molecular complexity index is 835. The standard InChI is InChI=1S/C19H16N2O/c1-20-19(22)17-10-6-14(7-11-17)4-5-15-8-9-16-3-2-12-21-18(16)13-15/h2-13H,1H3,(H,20,22)/b5-4+. The Morgan fingerprint density at radius 1 is 1.00 bits per heavy atom. The van der Waals surface area contributed by atoms with E-state index in [1.54, 1.807) is 13.2 Å². The van der Waals surface area contributed by atoms with Gasteiger partial charge in [0.15, 0.2) is 0 Å². The van der Waals surface area contributed by atoms with Crippen LogP contribution < -0.4 is 5.32 Å². The molecule has 0 atom stereocenters. The van der Waals surface area contributed by atoms with E-state index in [4.69, 9.17) is 0 Å². The number of hydrogen-bond acceptors (Lipinski definition) is 2. The zero-order chi connectivity index (χ0) is 15.4. The fourth-order valence-corrected chi connectivity index (χ4v) is 2.27. The van der Waals surface area contributed by atoms with Crippen LogP contribution in [0.15, 0.2) is 60.8 Å². The van der Waals surface area contributed by atoms with Crippen LogP contribution in [0.4, 0.5) is 0 Å². The zero-order valence-corrected chi connectivity index (χ0v) is 12.3. The number of carbonyl (C=O) groups is 1. The second-order valence-corrected chi connectivity index (χ2v) is 4.99. The summed E-state index contributed by atoms with van der Waals surface area (Å²) in [7, 11) is 1.63. The van der Waals surface area contributed by atoms with E-state index in [2.05, 4.69) is 28.5 Å². The molecule has 1 N–H and O–H groups in total. The van der Waals surface area contributed by atoms with E-state index in [0.29, 0.717) is 5.56 Å². The molecule has 3 rings (SSSR count). The van der Waals surface area contributed by atoms with Gasteiger partial charge in [-0.15, -0.1) is 0 Å². The average molecular weight is 288 g/mol. The molecule has 0 bridgehead atoms. The summed E-state index contributed by atoms with van der Waals surface area (Å²) in [6.45, 7) is 0. The van der Waals surface area contributed by atoms with E-state index in [1.165, 1.54) is 0 Å². The first-order valence-electron chi connectivity index (χ1n) is 7.11. The summed E-state index contributed by atoms with van der Waals surface area (Å²) < 4.78 is 0. The van der Waals surface area contributed by atoms with E-state index < -0.39 is 0 Å². The van der Waals surface area contributed by atoms with Crippen LogP contribution in [0.3, 0.4) is 0 Å². The fraction of sp³-hybridized carbons (Fsp3) is 0.0526. The number of pyridine rings is 1. The van der Waals surface area contributed by atoms with Crippen molar-refractivity contribution in [3.63, 3.8) is 0 Å². The number of hydrogen-bond donors (Lipinski definition) is 1. The Hall–Kier alpha value is -2.94. The second-order valence-electron chi connectivity index (χ2n) is 4.99. The van der Waals surface area contributed by atoms with Crippen molar-refractivity contribution in [3.8, 4) is 0 Å². The highest BCUT2D eigenvalue weighted by Crippen LogP contribution is 2.15. The maximum absolute atomic E-state index is 11.5. The SMILES string of the molecule is CNC(=O)c1ccc(/C=C/c2ccc3cccnc3c2)cc1. The summed E-state index contributed by atoms with van der Waals surface area (Å²) in [4.78, 5) is 15.9. The van der Waals surface area contributed by atoms with Gasteiger partial charge in [0.1, 0.15) is 0 Å². The summed E-state index contributed by atoms with van der Waals surface area (Å²) in [5.41, 5.74) is 3.80. The number of carbonyl (C=O) groups excluding carboxylic acids is 1. The number of fused-ring (bicyclic) bond motifs is 1. The van der Waals surface area contributed by atoms with Crippen LogP contribution in [0.5, 0.6) is 0 Å². The van der Waals surface area contributed by atoms with Crippen LogP contribution in [0.1, 0.15) is 21.5 Å². The van der Waals surface area contributed by atoms with E-state index in [-0.39, 0.29) is 5.91 Å². The molecule has 2 aromatic carbocycles. The molecule has 3 nitrogen and oxygen atoms in total. The highest BCUT2D eigenvalue weighted by Gasteiger charge is 2.01. The highest BCUT2D eigenvalue weighted by molar-refractivity contribution is 5.94. The summed E-state index contributed by atoms with van der Waals surface area (Å²) in [6.07, 6.45) is 5.87. The van der Waals surface area contributed by atoms with E-state index in [1.807, 2.05) is 48.6 Å². The van der Waals surface area contributed by atoms with Crippen LogP contribution >= 0.6 is 0 Å². The molecule has 1 heterocycles. The van der Waals surface area contributed by atoms with E-state index in [9.17, 15) is 4.79 Å². The van der Waals surface area contributed by atoms with Gasteiger partial charge in [-0.25, -0.2) is 0 Å². The van der Waals surface area contributed by atoms with Crippen LogP contribution in [-0.2, 0) is 0 Å². The summed E-state index contributed by atoms with van der Waals surface area (Å²) in [6, 6.07) is 17.7. The molecule has 0 radical (unpaired) electrons. The predicted octanol–water partition coefficient (Wildman–Crippen LogP) is 3.76. The van der Waals surface area contributed by atoms with Crippen LogP contribution in [0.2, 0.25) is 0 Å². The number of rotatable bonds is 3. The summed E-state index contributed by atoms with van der Waals surface area (Å²) in [5.74, 6) is -0.0730. The first-order chi connectivity index (χ1) is 10.8.